The number of hydrogen-bond acceptors (Lipinski definition) is 4. The van der Waals surface area contributed by atoms with Gasteiger partial charge in [0.25, 0.3) is 0 Å². The summed E-state index contributed by atoms with van der Waals surface area (Å²) in [5, 5.41) is 3.45. The van der Waals surface area contributed by atoms with Gasteiger partial charge in [-0.1, -0.05) is 6.92 Å². The van der Waals surface area contributed by atoms with E-state index in [9.17, 15) is 0 Å². The van der Waals surface area contributed by atoms with Crippen LogP contribution < -0.4 is 5.32 Å². The number of rotatable bonds is 9. The van der Waals surface area contributed by atoms with Crippen LogP contribution in [0, 0.1) is 0 Å². The maximum Gasteiger partial charge on any atom is 0.0707 e. The summed E-state index contributed by atoms with van der Waals surface area (Å²) < 4.78 is 6.07. The topological polar surface area (TPSA) is 27.7 Å². The number of likely N-dealkylation sites (N-methyl/N-ethyl adjacent to an activating group) is 2. The second kappa shape index (κ2) is 8.86. The van der Waals surface area contributed by atoms with Gasteiger partial charge in [0, 0.05) is 26.2 Å². The summed E-state index contributed by atoms with van der Waals surface area (Å²) in [5.41, 5.74) is 0. The Kier molecular flexibility index (Phi) is 7.82. The van der Waals surface area contributed by atoms with Crippen LogP contribution in [0.1, 0.15) is 26.2 Å². The van der Waals surface area contributed by atoms with E-state index in [1.807, 2.05) is 0 Å². The quantitative estimate of drug-likeness (QED) is 0.624. The molecule has 1 fully saturated rings. The van der Waals surface area contributed by atoms with Gasteiger partial charge in [-0.3, -0.25) is 0 Å². The predicted molar refractivity (Wildman–Crippen MR) is 77.1 cm³/mol. The maximum atomic E-state index is 6.07. The number of nitrogens with one attached hydrogen (secondary N) is 1. The van der Waals surface area contributed by atoms with Crippen molar-refractivity contribution < 1.29 is 4.74 Å². The number of nitrogens with zero attached hydrogens (tertiary/aromatic N) is 2. The van der Waals surface area contributed by atoms with Crippen molar-refractivity contribution in [3.63, 3.8) is 0 Å². The van der Waals surface area contributed by atoms with E-state index in [-0.39, 0.29) is 0 Å². The lowest BCUT2D eigenvalue weighted by atomic mass is 10.2. The molecule has 0 radical (unpaired) electrons. The third-order valence-electron chi connectivity index (χ3n) is 3.44. The van der Waals surface area contributed by atoms with Crippen LogP contribution in [0.4, 0.5) is 0 Å². The van der Waals surface area contributed by atoms with Gasteiger partial charge in [-0.05, 0) is 47.0 Å². The van der Waals surface area contributed by atoms with Crippen molar-refractivity contribution in [1.29, 1.82) is 0 Å². The van der Waals surface area contributed by atoms with E-state index in [0.29, 0.717) is 12.2 Å². The first kappa shape index (κ1) is 15.9. The third kappa shape index (κ3) is 6.69. The molecule has 4 nitrogen and oxygen atoms in total. The van der Waals surface area contributed by atoms with Gasteiger partial charge < -0.3 is 19.9 Å². The van der Waals surface area contributed by atoms with Gasteiger partial charge in [-0.25, -0.2) is 0 Å². The van der Waals surface area contributed by atoms with E-state index in [2.05, 4.69) is 43.2 Å². The van der Waals surface area contributed by atoms with E-state index in [1.165, 1.54) is 19.3 Å². The number of hydrogen-bond donors (Lipinski definition) is 1. The van der Waals surface area contributed by atoms with Crippen molar-refractivity contribution >= 4 is 0 Å². The largest absolute Gasteiger partial charge is 0.372 e. The molecule has 1 rings (SSSR count). The fraction of sp³-hybridized carbons (Fsp3) is 1.00. The second-order valence-electron chi connectivity index (χ2n) is 5.73. The molecular formula is C14H31N3O. The first-order valence-corrected chi connectivity index (χ1v) is 7.31. The Bertz CT molecular complexity index is 211. The van der Waals surface area contributed by atoms with Crippen molar-refractivity contribution in [3.05, 3.63) is 0 Å². The minimum absolute atomic E-state index is 0.434. The highest BCUT2D eigenvalue weighted by Gasteiger charge is 2.25. The Balaban J connectivity index is 2.09. The molecular weight excluding hydrogens is 226 g/mol. The van der Waals surface area contributed by atoms with Gasteiger partial charge >= 0.3 is 0 Å². The molecule has 1 heterocycles. The van der Waals surface area contributed by atoms with Crippen molar-refractivity contribution in [1.82, 2.24) is 15.1 Å². The zero-order chi connectivity index (χ0) is 13.4. The summed E-state index contributed by atoms with van der Waals surface area (Å²) in [6.45, 7) is 7.62. The van der Waals surface area contributed by atoms with E-state index >= 15 is 0 Å². The third-order valence-corrected chi connectivity index (χ3v) is 3.44. The normalized spacial score (nSPS) is 24.3. The Labute approximate surface area is 113 Å². The molecule has 1 aliphatic heterocycles. The van der Waals surface area contributed by atoms with Crippen LogP contribution in [0.15, 0.2) is 0 Å². The first-order chi connectivity index (χ1) is 8.61. The molecule has 0 amide bonds. The Morgan fingerprint density at radius 1 is 1.11 bits per heavy atom. The zero-order valence-electron chi connectivity index (χ0n) is 12.6. The molecule has 0 saturated carbocycles. The van der Waals surface area contributed by atoms with Crippen molar-refractivity contribution in [2.45, 2.75) is 38.4 Å². The van der Waals surface area contributed by atoms with Crippen molar-refractivity contribution in [2.24, 2.45) is 0 Å². The molecule has 18 heavy (non-hydrogen) atoms. The van der Waals surface area contributed by atoms with Gasteiger partial charge in [0.1, 0.15) is 0 Å². The molecule has 0 aromatic carbocycles. The van der Waals surface area contributed by atoms with E-state index in [0.717, 1.165) is 32.7 Å². The summed E-state index contributed by atoms with van der Waals surface area (Å²) >= 11 is 0. The SMILES string of the molecule is CCCNCC1CCC(CN(C)CCN(C)C)O1. The fourth-order valence-corrected chi connectivity index (χ4v) is 2.31. The highest BCUT2D eigenvalue weighted by molar-refractivity contribution is 4.77. The van der Waals surface area contributed by atoms with Gasteiger partial charge in [0.05, 0.1) is 12.2 Å². The van der Waals surface area contributed by atoms with Crippen LogP contribution in [0.2, 0.25) is 0 Å². The van der Waals surface area contributed by atoms with Crippen LogP contribution >= 0.6 is 0 Å². The fourth-order valence-electron chi connectivity index (χ4n) is 2.31. The van der Waals surface area contributed by atoms with Crippen molar-refractivity contribution in [2.75, 3.05) is 53.9 Å². The first-order valence-electron chi connectivity index (χ1n) is 7.31. The average molecular weight is 257 g/mol. The summed E-state index contributed by atoms with van der Waals surface area (Å²) in [7, 11) is 6.43. The van der Waals surface area contributed by atoms with E-state index in [1.54, 1.807) is 0 Å². The summed E-state index contributed by atoms with van der Waals surface area (Å²) in [6.07, 6.45) is 4.49. The van der Waals surface area contributed by atoms with Crippen LogP contribution in [0.3, 0.4) is 0 Å². The lowest BCUT2D eigenvalue weighted by molar-refractivity contribution is 0.0272. The summed E-state index contributed by atoms with van der Waals surface area (Å²) in [4.78, 5) is 4.61. The van der Waals surface area contributed by atoms with Crippen LogP contribution in [-0.4, -0.2) is 75.9 Å². The lowest BCUT2D eigenvalue weighted by Gasteiger charge is -2.23. The molecule has 0 aromatic rings. The van der Waals surface area contributed by atoms with Gasteiger partial charge in [0.15, 0.2) is 0 Å². The summed E-state index contributed by atoms with van der Waals surface area (Å²) in [5.74, 6) is 0. The Morgan fingerprint density at radius 2 is 1.83 bits per heavy atom. The zero-order valence-corrected chi connectivity index (χ0v) is 12.6. The highest BCUT2D eigenvalue weighted by atomic mass is 16.5. The highest BCUT2D eigenvalue weighted by Crippen LogP contribution is 2.19. The molecule has 4 heteroatoms. The Morgan fingerprint density at radius 3 is 2.50 bits per heavy atom. The average Bonchev–Trinajstić information content (AvgIpc) is 2.74. The molecule has 0 spiro atoms. The molecule has 1 aliphatic rings. The van der Waals surface area contributed by atoms with E-state index in [4.69, 9.17) is 4.74 Å². The molecule has 0 aliphatic carbocycles. The van der Waals surface area contributed by atoms with Gasteiger partial charge in [-0.15, -0.1) is 0 Å². The molecule has 2 atom stereocenters. The second-order valence-corrected chi connectivity index (χ2v) is 5.73. The molecule has 108 valence electrons. The smallest absolute Gasteiger partial charge is 0.0707 e. The lowest BCUT2D eigenvalue weighted by Crippen LogP contribution is -2.35. The van der Waals surface area contributed by atoms with Gasteiger partial charge in [-0.2, -0.15) is 0 Å². The van der Waals surface area contributed by atoms with Gasteiger partial charge in [0.2, 0.25) is 0 Å². The van der Waals surface area contributed by atoms with Crippen molar-refractivity contribution in [3.8, 4) is 0 Å². The summed E-state index contributed by atoms with van der Waals surface area (Å²) in [6, 6.07) is 0. The monoisotopic (exact) mass is 257 g/mol. The minimum Gasteiger partial charge on any atom is -0.372 e. The minimum atomic E-state index is 0.434. The molecule has 1 N–H and O–H groups in total. The van der Waals surface area contributed by atoms with E-state index < -0.39 is 0 Å². The van der Waals surface area contributed by atoms with Crippen LogP contribution in [-0.2, 0) is 4.74 Å². The van der Waals surface area contributed by atoms with Crippen LogP contribution in [0.5, 0.6) is 0 Å². The maximum absolute atomic E-state index is 6.07. The predicted octanol–water partition coefficient (Wildman–Crippen LogP) is 1.03. The molecule has 2 unspecified atom stereocenters. The molecule has 0 aromatic heterocycles. The Hall–Kier alpha value is -0.160. The van der Waals surface area contributed by atoms with Crippen LogP contribution in [0.25, 0.3) is 0 Å². The number of ether oxygens (including phenoxy) is 1. The standard InChI is InChI=1S/C14H31N3O/c1-5-8-15-11-13-6-7-14(18-13)12-17(4)10-9-16(2)3/h13-15H,5-12H2,1-4H3. The molecule has 1 saturated heterocycles. The molecule has 0 bridgehead atoms.